The van der Waals surface area contributed by atoms with Crippen molar-refractivity contribution in [1.82, 2.24) is 9.80 Å². The van der Waals surface area contributed by atoms with Crippen LogP contribution in [0.4, 0.5) is 0 Å². The largest absolute Gasteiger partial charge is 0.323 e. The lowest BCUT2D eigenvalue weighted by Crippen LogP contribution is -2.67. The maximum atomic E-state index is 6.18. The molecule has 0 radical (unpaired) electrons. The Morgan fingerprint density at radius 1 is 1.31 bits per heavy atom. The number of nitrogens with zero attached hydrogens (tertiary/aromatic N) is 2. The third-order valence-electron chi connectivity index (χ3n) is 4.48. The van der Waals surface area contributed by atoms with Gasteiger partial charge in [0.2, 0.25) is 0 Å². The number of likely N-dealkylation sites (tertiary alicyclic amines) is 2. The number of hydrogen-bond acceptors (Lipinski definition) is 3. The minimum absolute atomic E-state index is 0.137. The Hall–Kier alpha value is -0.120. The van der Waals surface area contributed by atoms with Crippen molar-refractivity contribution in [1.29, 1.82) is 0 Å². The second-order valence-corrected chi connectivity index (χ2v) is 5.85. The van der Waals surface area contributed by atoms with Crippen LogP contribution in [0.25, 0.3) is 0 Å². The van der Waals surface area contributed by atoms with Gasteiger partial charge in [-0.15, -0.1) is 0 Å². The third kappa shape index (κ3) is 2.76. The Kier molecular flexibility index (Phi) is 3.88. The molecule has 3 nitrogen and oxygen atoms in total. The van der Waals surface area contributed by atoms with E-state index in [4.69, 9.17) is 5.73 Å². The highest BCUT2D eigenvalue weighted by molar-refractivity contribution is 4.98. The first-order valence-corrected chi connectivity index (χ1v) is 6.84. The second kappa shape index (κ2) is 5.03. The molecule has 2 fully saturated rings. The van der Waals surface area contributed by atoms with Crippen molar-refractivity contribution in [2.45, 2.75) is 50.6 Å². The number of piperidine rings is 1. The Morgan fingerprint density at radius 2 is 2.06 bits per heavy atom. The van der Waals surface area contributed by atoms with Crippen molar-refractivity contribution in [2.24, 2.45) is 5.73 Å². The second-order valence-electron chi connectivity index (χ2n) is 5.85. The van der Waals surface area contributed by atoms with Gasteiger partial charge in [0.15, 0.2) is 0 Å². The topological polar surface area (TPSA) is 32.5 Å². The minimum Gasteiger partial charge on any atom is -0.323 e. The van der Waals surface area contributed by atoms with Crippen LogP contribution in [0.3, 0.4) is 0 Å². The quantitative estimate of drug-likeness (QED) is 0.782. The van der Waals surface area contributed by atoms with E-state index in [1.807, 2.05) is 0 Å². The summed E-state index contributed by atoms with van der Waals surface area (Å²) < 4.78 is 0. The van der Waals surface area contributed by atoms with Crippen LogP contribution in [0.1, 0.15) is 39.0 Å². The van der Waals surface area contributed by atoms with E-state index < -0.39 is 0 Å². The Bertz CT molecular complexity index is 223. The molecule has 1 unspecified atom stereocenters. The van der Waals surface area contributed by atoms with Crippen LogP contribution in [0, 0.1) is 0 Å². The Labute approximate surface area is 100.0 Å². The Morgan fingerprint density at radius 3 is 2.69 bits per heavy atom. The molecule has 0 aromatic rings. The van der Waals surface area contributed by atoms with Gasteiger partial charge < -0.3 is 10.6 Å². The molecular weight excluding hydrogens is 198 g/mol. The monoisotopic (exact) mass is 225 g/mol. The Balaban J connectivity index is 1.65. The van der Waals surface area contributed by atoms with Gasteiger partial charge in [-0.1, -0.05) is 13.3 Å². The molecule has 0 amide bonds. The molecule has 0 bridgehead atoms. The first-order chi connectivity index (χ1) is 7.63. The molecule has 2 saturated heterocycles. The zero-order valence-electron chi connectivity index (χ0n) is 10.9. The normalized spacial score (nSPS) is 31.3. The molecule has 0 aromatic heterocycles. The summed E-state index contributed by atoms with van der Waals surface area (Å²) in [7, 11) is 2.28. The fourth-order valence-electron chi connectivity index (χ4n) is 3.07. The summed E-state index contributed by atoms with van der Waals surface area (Å²) in [6, 6.07) is 0.822. The predicted octanol–water partition coefficient (Wildman–Crippen LogP) is 1.28. The van der Waals surface area contributed by atoms with E-state index in [9.17, 15) is 0 Å². The van der Waals surface area contributed by atoms with Gasteiger partial charge in [0, 0.05) is 24.7 Å². The van der Waals surface area contributed by atoms with E-state index in [2.05, 4.69) is 23.8 Å². The average Bonchev–Trinajstić information content (AvgIpc) is 2.25. The van der Waals surface area contributed by atoms with Crippen molar-refractivity contribution in [3.05, 3.63) is 0 Å². The van der Waals surface area contributed by atoms with Crippen LogP contribution in [0.15, 0.2) is 0 Å². The summed E-state index contributed by atoms with van der Waals surface area (Å²) in [5, 5.41) is 0. The maximum absolute atomic E-state index is 6.18. The first kappa shape index (κ1) is 12.3. The van der Waals surface area contributed by atoms with E-state index in [-0.39, 0.29) is 5.54 Å². The van der Waals surface area contributed by atoms with E-state index in [0.29, 0.717) is 0 Å². The first-order valence-electron chi connectivity index (χ1n) is 6.84. The van der Waals surface area contributed by atoms with Crippen molar-refractivity contribution in [2.75, 3.05) is 33.2 Å². The van der Waals surface area contributed by atoms with Crippen LogP contribution >= 0.6 is 0 Å². The number of hydrogen-bond donors (Lipinski definition) is 1. The summed E-state index contributed by atoms with van der Waals surface area (Å²) in [5.74, 6) is 0. The number of rotatable bonds is 4. The molecule has 16 heavy (non-hydrogen) atoms. The SMILES string of the molecule is CCC1(N)CN(CCC2CCCCN2C)C1. The van der Waals surface area contributed by atoms with Crippen LogP contribution in [0.2, 0.25) is 0 Å². The van der Waals surface area contributed by atoms with Crippen molar-refractivity contribution in [3.63, 3.8) is 0 Å². The van der Waals surface area contributed by atoms with Gasteiger partial charge >= 0.3 is 0 Å². The highest BCUT2D eigenvalue weighted by Crippen LogP contribution is 2.23. The molecule has 3 heteroatoms. The number of nitrogens with two attached hydrogens (primary N) is 1. The van der Waals surface area contributed by atoms with Crippen LogP contribution in [-0.4, -0.2) is 54.6 Å². The zero-order chi connectivity index (χ0) is 11.6. The van der Waals surface area contributed by atoms with Crippen LogP contribution in [-0.2, 0) is 0 Å². The molecule has 2 heterocycles. The van der Waals surface area contributed by atoms with Crippen LogP contribution in [0.5, 0.6) is 0 Å². The predicted molar refractivity (Wildman–Crippen MR) is 68.5 cm³/mol. The van der Waals surface area contributed by atoms with Crippen molar-refractivity contribution >= 4 is 0 Å². The summed E-state index contributed by atoms with van der Waals surface area (Å²) in [6.07, 6.45) is 6.65. The summed E-state index contributed by atoms with van der Waals surface area (Å²) in [4.78, 5) is 5.06. The van der Waals surface area contributed by atoms with Gasteiger partial charge in [-0.3, -0.25) is 4.90 Å². The molecule has 2 rings (SSSR count). The van der Waals surface area contributed by atoms with Gasteiger partial charge in [-0.25, -0.2) is 0 Å². The van der Waals surface area contributed by atoms with E-state index in [0.717, 1.165) is 25.6 Å². The maximum Gasteiger partial charge on any atom is 0.0409 e. The fourth-order valence-corrected chi connectivity index (χ4v) is 3.07. The van der Waals surface area contributed by atoms with E-state index in [1.54, 1.807) is 0 Å². The molecule has 0 aromatic carbocycles. The molecule has 2 aliphatic heterocycles. The molecular formula is C13H27N3. The average molecular weight is 225 g/mol. The molecule has 94 valence electrons. The summed E-state index contributed by atoms with van der Waals surface area (Å²) in [5.41, 5.74) is 6.31. The van der Waals surface area contributed by atoms with Crippen molar-refractivity contribution in [3.8, 4) is 0 Å². The van der Waals surface area contributed by atoms with Gasteiger partial charge in [0.05, 0.1) is 0 Å². The van der Waals surface area contributed by atoms with Gasteiger partial charge in [0.1, 0.15) is 0 Å². The van der Waals surface area contributed by atoms with E-state index in [1.165, 1.54) is 38.8 Å². The minimum atomic E-state index is 0.137. The van der Waals surface area contributed by atoms with Gasteiger partial charge in [-0.2, -0.15) is 0 Å². The summed E-state index contributed by atoms with van der Waals surface area (Å²) in [6.45, 7) is 6.96. The lowest BCUT2D eigenvalue weighted by molar-refractivity contribution is 0.0540. The highest BCUT2D eigenvalue weighted by atomic mass is 15.2. The smallest absolute Gasteiger partial charge is 0.0409 e. The molecule has 2 aliphatic rings. The standard InChI is InChI=1S/C13H27N3/c1-3-13(14)10-16(11-13)9-7-12-6-4-5-8-15(12)2/h12H,3-11,14H2,1-2H3. The molecule has 0 aliphatic carbocycles. The molecule has 0 saturated carbocycles. The van der Waals surface area contributed by atoms with Gasteiger partial charge in [-0.05, 0) is 45.8 Å². The third-order valence-corrected chi connectivity index (χ3v) is 4.48. The molecule has 0 spiro atoms. The highest BCUT2D eigenvalue weighted by Gasteiger charge is 2.37. The lowest BCUT2D eigenvalue weighted by Gasteiger charge is -2.48. The molecule has 2 N–H and O–H groups in total. The lowest BCUT2D eigenvalue weighted by atomic mass is 9.87. The van der Waals surface area contributed by atoms with E-state index >= 15 is 0 Å². The van der Waals surface area contributed by atoms with Gasteiger partial charge in [0.25, 0.3) is 0 Å². The molecule has 1 atom stereocenters. The summed E-state index contributed by atoms with van der Waals surface area (Å²) >= 11 is 0. The van der Waals surface area contributed by atoms with Crippen LogP contribution < -0.4 is 5.73 Å². The zero-order valence-corrected chi connectivity index (χ0v) is 10.9. The van der Waals surface area contributed by atoms with Crippen molar-refractivity contribution < 1.29 is 0 Å². The fraction of sp³-hybridized carbons (Fsp3) is 1.00.